The van der Waals surface area contributed by atoms with Gasteiger partial charge in [0.25, 0.3) is 0 Å². The molecule has 0 aromatic heterocycles. The van der Waals surface area contributed by atoms with Gasteiger partial charge in [-0.25, -0.2) is 0 Å². The summed E-state index contributed by atoms with van der Waals surface area (Å²) < 4.78 is 0. The molecule has 0 spiro atoms. The van der Waals surface area contributed by atoms with E-state index < -0.39 is 0 Å². The molecular weight excluding hydrogens is 202 g/mol. The number of para-hydroxylation sites is 1. The van der Waals surface area contributed by atoms with Crippen LogP contribution in [0, 0.1) is 11.3 Å². The van der Waals surface area contributed by atoms with E-state index in [4.69, 9.17) is 11.0 Å². The van der Waals surface area contributed by atoms with Gasteiger partial charge in [0, 0.05) is 12.5 Å². The fourth-order valence-corrected chi connectivity index (χ4v) is 1.27. The summed E-state index contributed by atoms with van der Waals surface area (Å²) in [5, 5.41) is 11.5. The number of carbonyl (C=O) groups is 1. The molecule has 84 valence electrons. The highest BCUT2D eigenvalue weighted by Gasteiger charge is 2.09. The number of rotatable bonds is 4. The second-order valence-corrected chi connectivity index (χ2v) is 3.58. The van der Waals surface area contributed by atoms with Crippen LogP contribution in [-0.2, 0) is 4.79 Å². The second-order valence-electron chi connectivity index (χ2n) is 3.58. The Kier molecular flexibility index (Phi) is 4.49. The summed E-state index contributed by atoms with van der Waals surface area (Å²) in [4.78, 5) is 11.5. The lowest BCUT2D eigenvalue weighted by molar-refractivity contribution is -0.116. The Hall–Kier alpha value is -1.86. The van der Waals surface area contributed by atoms with E-state index in [1.165, 1.54) is 0 Å². The summed E-state index contributed by atoms with van der Waals surface area (Å²) in [6.45, 7) is 1.93. The van der Waals surface area contributed by atoms with Crippen molar-refractivity contribution >= 4 is 11.6 Å². The van der Waals surface area contributed by atoms with Gasteiger partial charge in [-0.2, -0.15) is 5.26 Å². The Morgan fingerprint density at radius 1 is 1.56 bits per heavy atom. The van der Waals surface area contributed by atoms with E-state index in [9.17, 15) is 4.79 Å². The highest BCUT2D eigenvalue weighted by atomic mass is 16.1. The maximum atomic E-state index is 11.5. The average Bonchev–Trinajstić information content (AvgIpc) is 2.29. The number of nitrogens with two attached hydrogens (primary N) is 1. The van der Waals surface area contributed by atoms with E-state index in [1.54, 1.807) is 24.3 Å². The number of hydrogen-bond donors (Lipinski definition) is 2. The van der Waals surface area contributed by atoms with E-state index in [0.29, 0.717) is 11.3 Å². The molecule has 0 aliphatic rings. The molecule has 0 saturated carbocycles. The Bertz CT molecular complexity index is 409. The average molecular weight is 217 g/mol. The molecule has 0 aliphatic heterocycles. The zero-order valence-corrected chi connectivity index (χ0v) is 9.23. The molecule has 0 fully saturated rings. The summed E-state index contributed by atoms with van der Waals surface area (Å²) in [5.41, 5.74) is 6.67. The predicted molar refractivity (Wildman–Crippen MR) is 62.7 cm³/mol. The molecule has 0 saturated heterocycles. The Morgan fingerprint density at radius 3 is 2.88 bits per heavy atom. The fourth-order valence-electron chi connectivity index (χ4n) is 1.27. The van der Waals surface area contributed by atoms with Crippen molar-refractivity contribution in [2.24, 2.45) is 5.73 Å². The third-order valence-corrected chi connectivity index (χ3v) is 2.29. The minimum absolute atomic E-state index is 0.130. The summed E-state index contributed by atoms with van der Waals surface area (Å²) in [6, 6.07) is 8.79. The zero-order chi connectivity index (χ0) is 12.0. The molecule has 1 aromatic rings. The van der Waals surface area contributed by atoms with Crippen LogP contribution >= 0.6 is 0 Å². The molecule has 0 heterocycles. The van der Waals surface area contributed by atoms with E-state index in [2.05, 4.69) is 5.32 Å². The number of nitriles is 1. The third-order valence-electron chi connectivity index (χ3n) is 2.29. The molecule has 1 atom stereocenters. The third kappa shape index (κ3) is 3.37. The Labute approximate surface area is 95.1 Å². The highest BCUT2D eigenvalue weighted by molar-refractivity contribution is 5.92. The summed E-state index contributed by atoms with van der Waals surface area (Å²) in [6.07, 6.45) is 1.03. The van der Waals surface area contributed by atoms with Crippen LogP contribution < -0.4 is 11.1 Å². The molecule has 4 nitrogen and oxygen atoms in total. The molecule has 4 heteroatoms. The number of anilines is 1. The molecule has 1 amide bonds. The molecule has 0 radical (unpaired) electrons. The van der Waals surface area contributed by atoms with Crippen LogP contribution in [0.2, 0.25) is 0 Å². The lowest BCUT2D eigenvalue weighted by atomic mass is 10.1. The van der Waals surface area contributed by atoms with Gasteiger partial charge < -0.3 is 11.1 Å². The quantitative estimate of drug-likeness (QED) is 0.804. The maximum absolute atomic E-state index is 11.5. The number of amides is 1. The van der Waals surface area contributed by atoms with Crippen LogP contribution in [-0.4, -0.2) is 11.9 Å². The SMILES string of the molecule is CCC(N)CC(=O)Nc1ccccc1C#N. The fraction of sp³-hybridized carbons (Fsp3) is 0.333. The van der Waals surface area contributed by atoms with Gasteiger partial charge in [-0.3, -0.25) is 4.79 Å². The highest BCUT2D eigenvalue weighted by Crippen LogP contribution is 2.13. The molecule has 1 aromatic carbocycles. The van der Waals surface area contributed by atoms with Gasteiger partial charge in [0.1, 0.15) is 6.07 Å². The molecule has 0 aliphatic carbocycles. The van der Waals surface area contributed by atoms with Gasteiger partial charge in [0.2, 0.25) is 5.91 Å². The number of carbonyl (C=O) groups excluding carboxylic acids is 1. The van der Waals surface area contributed by atoms with Crippen LogP contribution in [0.3, 0.4) is 0 Å². The second kappa shape index (κ2) is 5.89. The van der Waals surface area contributed by atoms with Gasteiger partial charge in [-0.1, -0.05) is 19.1 Å². The monoisotopic (exact) mass is 217 g/mol. The first-order chi connectivity index (χ1) is 7.67. The minimum Gasteiger partial charge on any atom is -0.327 e. The summed E-state index contributed by atoms with van der Waals surface area (Å²) in [5.74, 6) is -0.156. The first kappa shape index (κ1) is 12.2. The van der Waals surface area contributed by atoms with Crippen LogP contribution in [0.5, 0.6) is 0 Å². The van der Waals surface area contributed by atoms with Crippen molar-refractivity contribution < 1.29 is 4.79 Å². The molecule has 1 unspecified atom stereocenters. The van der Waals surface area contributed by atoms with E-state index in [-0.39, 0.29) is 18.4 Å². The van der Waals surface area contributed by atoms with E-state index in [0.717, 1.165) is 6.42 Å². The number of nitrogens with zero attached hydrogens (tertiary/aromatic N) is 1. The van der Waals surface area contributed by atoms with Crippen molar-refractivity contribution in [1.82, 2.24) is 0 Å². The van der Waals surface area contributed by atoms with E-state index >= 15 is 0 Å². The van der Waals surface area contributed by atoms with Crippen LogP contribution in [0.1, 0.15) is 25.3 Å². The molecule has 0 bridgehead atoms. The summed E-state index contributed by atoms with van der Waals surface area (Å²) >= 11 is 0. The van der Waals surface area contributed by atoms with E-state index in [1.807, 2.05) is 13.0 Å². The van der Waals surface area contributed by atoms with Gasteiger partial charge in [0.05, 0.1) is 11.3 Å². The molecule has 16 heavy (non-hydrogen) atoms. The van der Waals surface area contributed by atoms with Crippen LogP contribution in [0.25, 0.3) is 0 Å². The van der Waals surface area contributed by atoms with Crippen molar-refractivity contribution in [2.75, 3.05) is 5.32 Å². The Balaban J connectivity index is 2.67. The lowest BCUT2D eigenvalue weighted by Crippen LogP contribution is -2.26. The Morgan fingerprint density at radius 2 is 2.25 bits per heavy atom. The first-order valence-corrected chi connectivity index (χ1v) is 5.22. The lowest BCUT2D eigenvalue weighted by Gasteiger charge is -2.10. The largest absolute Gasteiger partial charge is 0.327 e. The van der Waals surface area contributed by atoms with Crippen LogP contribution in [0.4, 0.5) is 5.69 Å². The van der Waals surface area contributed by atoms with Gasteiger partial charge in [-0.15, -0.1) is 0 Å². The molecule has 3 N–H and O–H groups in total. The van der Waals surface area contributed by atoms with Gasteiger partial charge >= 0.3 is 0 Å². The summed E-state index contributed by atoms with van der Waals surface area (Å²) in [7, 11) is 0. The normalized spacial score (nSPS) is 11.6. The van der Waals surface area contributed by atoms with Crippen molar-refractivity contribution in [1.29, 1.82) is 5.26 Å². The van der Waals surface area contributed by atoms with Crippen molar-refractivity contribution in [3.8, 4) is 6.07 Å². The maximum Gasteiger partial charge on any atom is 0.225 e. The number of nitrogens with one attached hydrogen (secondary N) is 1. The van der Waals surface area contributed by atoms with Crippen molar-refractivity contribution in [2.45, 2.75) is 25.8 Å². The minimum atomic E-state index is -0.156. The zero-order valence-electron chi connectivity index (χ0n) is 9.23. The predicted octanol–water partition coefficient (Wildman–Crippen LogP) is 1.62. The van der Waals surface area contributed by atoms with Crippen LogP contribution in [0.15, 0.2) is 24.3 Å². The number of hydrogen-bond acceptors (Lipinski definition) is 3. The standard InChI is InChI=1S/C12H15N3O/c1-2-10(14)7-12(16)15-11-6-4-3-5-9(11)8-13/h3-6,10H,2,7,14H2,1H3,(H,15,16). The van der Waals surface area contributed by atoms with Crippen molar-refractivity contribution in [3.63, 3.8) is 0 Å². The smallest absolute Gasteiger partial charge is 0.225 e. The topological polar surface area (TPSA) is 78.9 Å². The number of benzene rings is 1. The van der Waals surface area contributed by atoms with Gasteiger partial charge in [0.15, 0.2) is 0 Å². The molecular formula is C12H15N3O. The van der Waals surface area contributed by atoms with Gasteiger partial charge in [-0.05, 0) is 18.6 Å². The first-order valence-electron chi connectivity index (χ1n) is 5.22. The molecule has 1 rings (SSSR count). The van der Waals surface area contributed by atoms with Crippen molar-refractivity contribution in [3.05, 3.63) is 29.8 Å².